The lowest BCUT2D eigenvalue weighted by atomic mass is 10.3. The lowest BCUT2D eigenvalue weighted by Crippen LogP contribution is -2.32. The summed E-state index contributed by atoms with van der Waals surface area (Å²) in [5.74, 6) is -0.673. The Hall–Kier alpha value is -1.48. The quantitative estimate of drug-likeness (QED) is 0.846. The summed E-state index contributed by atoms with van der Waals surface area (Å²) in [6.45, 7) is 1.51. The second-order valence-electron chi connectivity index (χ2n) is 4.38. The van der Waals surface area contributed by atoms with Crippen LogP contribution in [-0.2, 0) is 16.6 Å². The minimum Gasteiger partial charge on any atom is -0.342 e. The summed E-state index contributed by atoms with van der Waals surface area (Å²) in [5, 5.41) is 5.01. The summed E-state index contributed by atoms with van der Waals surface area (Å²) >= 11 is 0. The van der Waals surface area contributed by atoms with E-state index in [0.717, 1.165) is 11.0 Å². The van der Waals surface area contributed by atoms with Gasteiger partial charge in [0.2, 0.25) is 10.0 Å². The summed E-state index contributed by atoms with van der Waals surface area (Å²) < 4.78 is 48.6. The number of carbonyl (C=O) groups excluding carboxylic acids is 1. The highest BCUT2D eigenvalue weighted by Crippen LogP contribution is 2.16. The van der Waals surface area contributed by atoms with Gasteiger partial charge in [0.25, 0.3) is 12.3 Å². The fraction of sp³-hybridized carbons (Fsp3) is 0.545. The van der Waals surface area contributed by atoms with E-state index in [1.54, 1.807) is 0 Å². The van der Waals surface area contributed by atoms with E-state index in [1.807, 2.05) is 6.92 Å². The third kappa shape index (κ3) is 4.01. The molecular weight excluding hydrogens is 292 g/mol. The molecule has 114 valence electrons. The molecule has 0 spiro atoms. The van der Waals surface area contributed by atoms with Crippen LogP contribution >= 0.6 is 0 Å². The average molecular weight is 309 g/mol. The number of carbonyl (C=O) groups is 1. The van der Waals surface area contributed by atoms with Crippen molar-refractivity contribution < 1.29 is 22.0 Å². The molecule has 2 N–H and O–H groups in total. The van der Waals surface area contributed by atoms with Gasteiger partial charge in [-0.3, -0.25) is 4.79 Å². The summed E-state index contributed by atoms with van der Waals surface area (Å²) in [4.78, 5) is 12.7. The Morgan fingerprint density at radius 3 is 2.55 bits per heavy atom. The number of halogens is 2. The molecule has 0 fully saturated rings. The van der Waals surface area contributed by atoms with Crippen LogP contribution in [0, 0.1) is 0 Å². The molecule has 6 nitrogen and oxygen atoms in total. The van der Waals surface area contributed by atoms with Crippen LogP contribution in [0.2, 0.25) is 0 Å². The zero-order chi connectivity index (χ0) is 15.5. The molecule has 0 aromatic carbocycles. The number of aromatic nitrogens is 1. The molecule has 0 saturated carbocycles. The number of rotatable bonds is 6. The van der Waals surface area contributed by atoms with Gasteiger partial charge in [-0.15, -0.1) is 0 Å². The van der Waals surface area contributed by atoms with Gasteiger partial charge in [0.05, 0.1) is 6.54 Å². The van der Waals surface area contributed by atoms with Gasteiger partial charge in [0.1, 0.15) is 10.6 Å². The number of amides is 1. The maximum Gasteiger partial charge on any atom is 0.270 e. The van der Waals surface area contributed by atoms with Crippen LogP contribution in [-0.4, -0.2) is 43.8 Å². The lowest BCUT2D eigenvalue weighted by molar-refractivity contribution is 0.0611. The SMILES string of the molecule is CCCn1cc(S(N)(=O)=O)cc1C(=O)N(C)CC(F)F. The van der Waals surface area contributed by atoms with Crippen LogP contribution in [0.15, 0.2) is 17.2 Å². The number of sulfonamides is 1. The van der Waals surface area contributed by atoms with Crippen molar-refractivity contribution in [3.05, 3.63) is 18.0 Å². The zero-order valence-electron chi connectivity index (χ0n) is 11.2. The summed E-state index contributed by atoms with van der Waals surface area (Å²) in [6.07, 6.45) is -0.767. The number of nitrogens with zero attached hydrogens (tertiary/aromatic N) is 2. The lowest BCUT2D eigenvalue weighted by Gasteiger charge is -2.17. The molecule has 0 radical (unpaired) electrons. The number of primary sulfonamides is 1. The van der Waals surface area contributed by atoms with Crippen molar-refractivity contribution >= 4 is 15.9 Å². The molecule has 0 bridgehead atoms. The molecule has 1 aromatic heterocycles. The maximum absolute atomic E-state index is 12.3. The van der Waals surface area contributed by atoms with Gasteiger partial charge < -0.3 is 9.47 Å². The van der Waals surface area contributed by atoms with E-state index in [9.17, 15) is 22.0 Å². The molecular formula is C11H17F2N3O3S. The first-order chi connectivity index (χ1) is 9.16. The molecule has 1 amide bonds. The van der Waals surface area contributed by atoms with E-state index < -0.39 is 28.9 Å². The van der Waals surface area contributed by atoms with E-state index in [2.05, 4.69) is 0 Å². The van der Waals surface area contributed by atoms with E-state index >= 15 is 0 Å². The highest BCUT2D eigenvalue weighted by molar-refractivity contribution is 7.89. The van der Waals surface area contributed by atoms with E-state index in [0.29, 0.717) is 13.0 Å². The van der Waals surface area contributed by atoms with Crippen LogP contribution in [0.25, 0.3) is 0 Å². The van der Waals surface area contributed by atoms with Gasteiger partial charge >= 0.3 is 0 Å². The largest absolute Gasteiger partial charge is 0.342 e. The smallest absolute Gasteiger partial charge is 0.270 e. The topological polar surface area (TPSA) is 85.4 Å². The minimum absolute atomic E-state index is 0.0269. The van der Waals surface area contributed by atoms with E-state index in [-0.39, 0.29) is 10.6 Å². The molecule has 1 aromatic rings. The monoisotopic (exact) mass is 309 g/mol. The van der Waals surface area contributed by atoms with Gasteiger partial charge in [-0.2, -0.15) is 0 Å². The maximum atomic E-state index is 12.3. The third-order valence-corrected chi connectivity index (χ3v) is 3.52. The highest BCUT2D eigenvalue weighted by Gasteiger charge is 2.22. The molecule has 0 atom stereocenters. The third-order valence-electron chi connectivity index (χ3n) is 2.64. The molecule has 0 aliphatic heterocycles. The van der Waals surface area contributed by atoms with Gasteiger partial charge in [0.15, 0.2) is 0 Å². The van der Waals surface area contributed by atoms with E-state index in [4.69, 9.17) is 5.14 Å². The van der Waals surface area contributed by atoms with Crippen molar-refractivity contribution in [1.82, 2.24) is 9.47 Å². The Balaban J connectivity index is 3.15. The molecule has 0 saturated heterocycles. The molecule has 9 heteroatoms. The fourth-order valence-corrected chi connectivity index (χ4v) is 2.28. The van der Waals surface area contributed by atoms with Crippen molar-refractivity contribution in [2.45, 2.75) is 31.2 Å². The number of hydrogen-bond donors (Lipinski definition) is 1. The first-order valence-corrected chi connectivity index (χ1v) is 7.48. The summed E-state index contributed by atoms with van der Waals surface area (Å²) in [6, 6.07) is 1.11. The van der Waals surface area contributed by atoms with Crippen LogP contribution in [0.5, 0.6) is 0 Å². The van der Waals surface area contributed by atoms with Crippen molar-refractivity contribution in [2.75, 3.05) is 13.6 Å². The number of hydrogen-bond acceptors (Lipinski definition) is 3. The highest BCUT2D eigenvalue weighted by atomic mass is 32.2. The Morgan fingerprint density at radius 1 is 1.50 bits per heavy atom. The predicted octanol–water partition coefficient (Wildman–Crippen LogP) is 0.883. The number of nitrogens with two attached hydrogens (primary N) is 1. The Kier molecular flexibility index (Phi) is 5.23. The number of alkyl halides is 2. The van der Waals surface area contributed by atoms with Gasteiger partial charge in [-0.25, -0.2) is 22.3 Å². The first-order valence-electron chi connectivity index (χ1n) is 5.93. The number of aryl methyl sites for hydroxylation is 1. The van der Waals surface area contributed by atoms with Crippen LogP contribution in [0.4, 0.5) is 8.78 Å². The van der Waals surface area contributed by atoms with Crippen LogP contribution < -0.4 is 5.14 Å². The van der Waals surface area contributed by atoms with Crippen molar-refractivity contribution in [3.8, 4) is 0 Å². The van der Waals surface area contributed by atoms with Gasteiger partial charge in [-0.1, -0.05) is 6.92 Å². The van der Waals surface area contributed by atoms with E-state index in [1.165, 1.54) is 17.8 Å². The van der Waals surface area contributed by atoms with Gasteiger partial charge in [-0.05, 0) is 12.5 Å². The Bertz CT molecular complexity index is 584. The fourth-order valence-electron chi connectivity index (χ4n) is 1.73. The summed E-state index contributed by atoms with van der Waals surface area (Å²) in [5.41, 5.74) is 0.0269. The second-order valence-corrected chi connectivity index (χ2v) is 5.94. The normalized spacial score (nSPS) is 11.9. The van der Waals surface area contributed by atoms with Gasteiger partial charge in [0, 0.05) is 19.8 Å². The minimum atomic E-state index is -3.94. The van der Waals surface area contributed by atoms with Crippen LogP contribution in [0.1, 0.15) is 23.8 Å². The molecule has 20 heavy (non-hydrogen) atoms. The Labute approximate surface area is 116 Å². The Morgan fingerprint density at radius 2 is 2.10 bits per heavy atom. The molecule has 0 unspecified atom stereocenters. The molecule has 0 aliphatic rings. The molecule has 1 rings (SSSR count). The predicted molar refractivity (Wildman–Crippen MR) is 69.1 cm³/mol. The zero-order valence-corrected chi connectivity index (χ0v) is 12.0. The van der Waals surface area contributed by atoms with Crippen LogP contribution in [0.3, 0.4) is 0 Å². The standard InChI is InChI=1S/C11H17F2N3O3S/c1-3-4-16-6-8(20(14,18)19)5-9(16)11(17)15(2)7-10(12)13/h5-6,10H,3-4,7H2,1-2H3,(H2,14,18,19). The second kappa shape index (κ2) is 6.31. The first kappa shape index (κ1) is 16.6. The summed E-state index contributed by atoms with van der Waals surface area (Å²) in [7, 11) is -2.71. The average Bonchev–Trinajstić information content (AvgIpc) is 2.71. The molecule has 1 heterocycles. The van der Waals surface area contributed by atoms with Crippen molar-refractivity contribution in [3.63, 3.8) is 0 Å². The molecule has 0 aliphatic carbocycles. The van der Waals surface area contributed by atoms with Crippen molar-refractivity contribution in [1.29, 1.82) is 0 Å². The van der Waals surface area contributed by atoms with Crippen molar-refractivity contribution in [2.24, 2.45) is 5.14 Å².